The second-order valence-electron chi connectivity index (χ2n) is 5.66. The van der Waals surface area contributed by atoms with Gasteiger partial charge in [0.25, 0.3) is 0 Å². The van der Waals surface area contributed by atoms with Crippen molar-refractivity contribution < 1.29 is 22.7 Å². The maximum Gasteiger partial charge on any atom is 0.312 e. The molecule has 0 spiro atoms. The average molecular weight is 355 g/mol. The van der Waals surface area contributed by atoms with Crippen molar-refractivity contribution in [1.82, 2.24) is 0 Å². The topological polar surface area (TPSA) is 26.3 Å². The predicted molar refractivity (Wildman–Crippen MR) is 84.3 cm³/mol. The standard InChI is InChI=1S/C18H14ClF3O2/c1-2-24-17(23)13-9-18(13,22)12-7-6-10(19)8-11(12)16-14(20)4-3-5-15(16)21/h3-8,13H,2,9H2,1H3/t13-,18+/m1/s1. The minimum atomic E-state index is -2.01. The molecule has 0 aromatic heterocycles. The van der Waals surface area contributed by atoms with Crippen molar-refractivity contribution in [2.45, 2.75) is 19.0 Å². The number of ether oxygens (including phenoxy) is 1. The van der Waals surface area contributed by atoms with E-state index in [1.165, 1.54) is 24.3 Å². The quantitative estimate of drug-likeness (QED) is 0.719. The van der Waals surface area contributed by atoms with Crippen LogP contribution < -0.4 is 0 Å². The minimum absolute atomic E-state index is 0.00685. The largest absolute Gasteiger partial charge is 0.466 e. The molecule has 1 aliphatic rings. The lowest BCUT2D eigenvalue weighted by Crippen LogP contribution is -2.14. The van der Waals surface area contributed by atoms with Gasteiger partial charge in [-0.25, -0.2) is 13.2 Å². The Bertz CT molecular complexity index is 789. The number of benzene rings is 2. The Labute approximate surface area is 142 Å². The van der Waals surface area contributed by atoms with Crippen LogP contribution in [0.3, 0.4) is 0 Å². The SMILES string of the molecule is CCOC(=O)[C@H]1C[C@]1(F)c1ccc(Cl)cc1-c1c(F)cccc1F. The molecule has 0 unspecified atom stereocenters. The van der Waals surface area contributed by atoms with Crippen molar-refractivity contribution in [1.29, 1.82) is 0 Å². The van der Waals surface area contributed by atoms with E-state index in [0.29, 0.717) is 0 Å². The van der Waals surface area contributed by atoms with Gasteiger partial charge in [0.2, 0.25) is 0 Å². The van der Waals surface area contributed by atoms with Crippen molar-refractivity contribution >= 4 is 17.6 Å². The molecule has 0 amide bonds. The van der Waals surface area contributed by atoms with Gasteiger partial charge >= 0.3 is 5.97 Å². The monoisotopic (exact) mass is 354 g/mol. The highest BCUT2D eigenvalue weighted by molar-refractivity contribution is 6.30. The van der Waals surface area contributed by atoms with Crippen molar-refractivity contribution in [2.24, 2.45) is 5.92 Å². The Morgan fingerprint density at radius 3 is 2.58 bits per heavy atom. The van der Waals surface area contributed by atoms with Crippen LogP contribution >= 0.6 is 11.6 Å². The number of alkyl halides is 1. The lowest BCUT2D eigenvalue weighted by atomic mass is 9.94. The summed E-state index contributed by atoms with van der Waals surface area (Å²) >= 11 is 5.93. The van der Waals surface area contributed by atoms with E-state index in [1.807, 2.05) is 0 Å². The first-order valence-corrected chi connectivity index (χ1v) is 7.86. The zero-order valence-corrected chi connectivity index (χ0v) is 13.5. The lowest BCUT2D eigenvalue weighted by molar-refractivity contribution is -0.145. The Morgan fingerprint density at radius 1 is 1.29 bits per heavy atom. The molecule has 24 heavy (non-hydrogen) atoms. The molecular weight excluding hydrogens is 341 g/mol. The van der Waals surface area contributed by atoms with Gasteiger partial charge in [0.1, 0.15) is 11.6 Å². The fourth-order valence-electron chi connectivity index (χ4n) is 2.89. The third-order valence-electron chi connectivity index (χ3n) is 4.13. The van der Waals surface area contributed by atoms with Crippen LogP contribution in [-0.2, 0) is 15.2 Å². The molecule has 0 radical (unpaired) electrons. The number of esters is 1. The second-order valence-corrected chi connectivity index (χ2v) is 6.09. The van der Waals surface area contributed by atoms with Gasteiger partial charge in [-0.15, -0.1) is 0 Å². The van der Waals surface area contributed by atoms with Gasteiger partial charge in [-0.2, -0.15) is 0 Å². The fourth-order valence-corrected chi connectivity index (χ4v) is 3.06. The number of carbonyl (C=O) groups is 1. The summed E-state index contributed by atoms with van der Waals surface area (Å²) in [5.74, 6) is -3.28. The zero-order valence-electron chi connectivity index (χ0n) is 12.8. The molecule has 2 atom stereocenters. The van der Waals surface area contributed by atoms with Gasteiger partial charge in [-0.1, -0.05) is 23.7 Å². The minimum Gasteiger partial charge on any atom is -0.466 e. The molecule has 1 aliphatic carbocycles. The summed E-state index contributed by atoms with van der Waals surface area (Å²) in [6.45, 7) is 1.77. The van der Waals surface area contributed by atoms with Crippen LogP contribution in [0.2, 0.25) is 5.02 Å². The summed E-state index contributed by atoms with van der Waals surface area (Å²) in [5, 5.41) is 0.216. The van der Waals surface area contributed by atoms with Gasteiger partial charge in [0.05, 0.1) is 18.1 Å². The summed E-state index contributed by atoms with van der Waals surface area (Å²) in [7, 11) is 0. The maximum absolute atomic E-state index is 15.2. The molecule has 2 aromatic rings. The highest BCUT2D eigenvalue weighted by atomic mass is 35.5. The van der Waals surface area contributed by atoms with Gasteiger partial charge in [0, 0.05) is 11.4 Å². The Hall–Kier alpha value is -2.01. The van der Waals surface area contributed by atoms with E-state index < -0.39 is 29.2 Å². The number of halogens is 4. The summed E-state index contributed by atoms with van der Waals surface area (Å²) < 4.78 is 48.3. The predicted octanol–water partition coefficient (Wildman–Crippen LogP) is 5.03. The van der Waals surface area contributed by atoms with E-state index in [9.17, 15) is 13.6 Å². The second kappa shape index (κ2) is 6.13. The first-order chi connectivity index (χ1) is 11.4. The van der Waals surface area contributed by atoms with E-state index in [-0.39, 0.29) is 34.7 Å². The van der Waals surface area contributed by atoms with Gasteiger partial charge in [-0.05, 0) is 42.3 Å². The van der Waals surface area contributed by atoms with Gasteiger partial charge in [0.15, 0.2) is 5.67 Å². The van der Waals surface area contributed by atoms with Crippen molar-refractivity contribution in [3.8, 4) is 11.1 Å². The molecule has 126 valence electrons. The number of hydrogen-bond acceptors (Lipinski definition) is 2. The zero-order chi connectivity index (χ0) is 17.5. The van der Waals surface area contributed by atoms with Crippen LogP contribution in [0.5, 0.6) is 0 Å². The molecule has 0 bridgehead atoms. The van der Waals surface area contributed by atoms with Crippen LogP contribution in [0.4, 0.5) is 13.2 Å². The summed E-state index contributed by atoms with van der Waals surface area (Å²) in [5.41, 5.74) is -2.33. The molecule has 1 fully saturated rings. The summed E-state index contributed by atoms with van der Waals surface area (Å²) in [6, 6.07) is 7.50. The van der Waals surface area contributed by atoms with Crippen molar-refractivity contribution in [3.63, 3.8) is 0 Å². The molecule has 2 nitrogen and oxygen atoms in total. The summed E-state index contributed by atoms with van der Waals surface area (Å²) in [6.07, 6.45) is -0.0868. The van der Waals surface area contributed by atoms with Crippen LogP contribution in [0.1, 0.15) is 18.9 Å². The highest BCUT2D eigenvalue weighted by Crippen LogP contribution is 2.58. The number of carbonyl (C=O) groups excluding carboxylic acids is 1. The number of rotatable bonds is 4. The van der Waals surface area contributed by atoms with E-state index >= 15 is 4.39 Å². The molecule has 6 heteroatoms. The van der Waals surface area contributed by atoms with E-state index in [0.717, 1.165) is 12.1 Å². The van der Waals surface area contributed by atoms with Crippen LogP contribution in [0, 0.1) is 17.6 Å². The number of hydrogen-bond donors (Lipinski definition) is 0. The average Bonchev–Trinajstić information content (AvgIpc) is 3.20. The Kier molecular flexibility index (Phi) is 4.30. The van der Waals surface area contributed by atoms with E-state index in [4.69, 9.17) is 16.3 Å². The Morgan fingerprint density at radius 2 is 1.96 bits per heavy atom. The van der Waals surface area contributed by atoms with Crippen LogP contribution in [0.15, 0.2) is 36.4 Å². The molecule has 0 aliphatic heterocycles. The van der Waals surface area contributed by atoms with Gasteiger partial charge in [-0.3, -0.25) is 4.79 Å². The van der Waals surface area contributed by atoms with Gasteiger partial charge < -0.3 is 4.74 Å². The third kappa shape index (κ3) is 2.77. The first-order valence-electron chi connectivity index (χ1n) is 7.48. The lowest BCUT2D eigenvalue weighted by Gasteiger charge is -2.16. The van der Waals surface area contributed by atoms with Crippen molar-refractivity contribution in [2.75, 3.05) is 6.61 Å². The maximum atomic E-state index is 15.2. The smallest absolute Gasteiger partial charge is 0.312 e. The molecule has 0 N–H and O–H groups in total. The van der Waals surface area contributed by atoms with Crippen LogP contribution in [-0.4, -0.2) is 12.6 Å². The Balaban J connectivity index is 2.10. The van der Waals surface area contributed by atoms with Crippen LogP contribution in [0.25, 0.3) is 11.1 Å². The molecule has 0 saturated heterocycles. The van der Waals surface area contributed by atoms with E-state index in [2.05, 4.69) is 0 Å². The molecular formula is C18H14ClF3O2. The highest BCUT2D eigenvalue weighted by Gasteiger charge is 2.62. The molecule has 3 rings (SSSR count). The fraction of sp³-hybridized carbons (Fsp3) is 0.278. The normalized spacial score (nSPS) is 22.3. The van der Waals surface area contributed by atoms with Crippen molar-refractivity contribution in [3.05, 3.63) is 58.6 Å². The van der Waals surface area contributed by atoms with E-state index in [1.54, 1.807) is 6.92 Å². The molecule has 1 saturated carbocycles. The third-order valence-corrected chi connectivity index (χ3v) is 4.36. The first kappa shape index (κ1) is 16.8. The molecule has 2 aromatic carbocycles. The molecule has 0 heterocycles. The summed E-state index contributed by atoms with van der Waals surface area (Å²) in [4.78, 5) is 11.8.